The van der Waals surface area contributed by atoms with E-state index in [2.05, 4.69) is 26.8 Å². The minimum Gasteiger partial charge on any atom is -0.497 e. The number of aliphatic carboxylic acids is 1. The summed E-state index contributed by atoms with van der Waals surface area (Å²) >= 11 is 0. The molecule has 1 aromatic carbocycles. The Morgan fingerprint density at radius 2 is 2.15 bits per heavy atom. The second kappa shape index (κ2) is 11.0. The monoisotopic (exact) mass is 462 g/mol. The van der Waals surface area contributed by atoms with Crippen LogP contribution in [0.15, 0.2) is 49.2 Å². The minimum absolute atomic E-state index is 0.0786. The van der Waals surface area contributed by atoms with Crippen LogP contribution in [0.4, 0.5) is 4.39 Å². The van der Waals surface area contributed by atoms with E-state index in [0.29, 0.717) is 42.8 Å². The number of likely N-dealkylation sites (tertiary alicyclic amines) is 1. The number of alkyl halides is 1. The molecule has 1 saturated heterocycles. The Bertz CT molecular complexity index is 1190. The average molecular weight is 463 g/mol. The molecule has 176 valence electrons. The lowest BCUT2D eigenvalue weighted by Gasteiger charge is -2.35. The van der Waals surface area contributed by atoms with Gasteiger partial charge in [-0.25, -0.2) is 14.4 Å². The van der Waals surface area contributed by atoms with Gasteiger partial charge in [0.1, 0.15) is 18.2 Å². The van der Waals surface area contributed by atoms with Crippen LogP contribution in [0, 0.1) is 23.7 Å². The van der Waals surface area contributed by atoms with Gasteiger partial charge in [0, 0.05) is 30.5 Å². The lowest BCUT2D eigenvalue weighted by atomic mass is 9.81. The number of hydrogen-bond donors (Lipinski definition) is 1. The van der Waals surface area contributed by atoms with Gasteiger partial charge in [0.25, 0.3) is 0 Å². The summed E-state index contributed by atoms with van der Waals surface area (Å²) in [5, 5.41) is 10.5. The maximum Gasteiger partial charge on any atom is 0.308 e. The van der Waals surface area contributed by atoms with E-state index >= 15 is 4.39 Å². The van der Waals surface area contributed by atoms with E-state index < -0.39 is 18.1 Å². The van der Waals surface area contributed by atoms with Gasteiger partial charge in [-0.15, -0.1) is 0 Å². The molecule has 1 aliphatic rings. The highest BCUT2D eigenvalue weighted by Crippen LogP contribution is 2.35. The van der Waals surface area contributed by atoms with Gasteiger partial charge in [0.2, 0.25) is 0 Å². The second-order valence-electron chi connectivity index (χ2n) is 8.49. The number of pyridine rings is 1. The minimum atomic E-state index is -1.20. The molecule has 8 heteroatoms. The zero-order valence-corrected chi connectivity index (χ0v) is 19.0. The number of halogens is 1. The molecule has 2 aromatic heterocycles. The van der Waals surface area contributed by atoms with E-state index in [0.717, 1.165) is 17.5 Å². The van der Waals surface area contributed by atoms with Gasteiger partial charge < -0.3 is 9.84 Å². The normalized spacial score (nSPS) is 19.2. The van der Waals surface area contributed by atoms with Gasteiger partial charge >= 0.3 is 5.97 Å². The lowest BCUT2D eigenvalue weighted by Crippen LogP contribution is -2.44. The fourth-order valence-electron chi connectivity index (χ4n) is 4.52. The Labute approximate surface area is 198 Å². The first-order valence-electron chi connectivity index (χ1n) is 11.3. The Hall–Kier alpha value is -3.57. The predicted octanol–water partition coefficient (Wildman–Crippen LogP) is 3.90. The summed E-state index contributed by atoms with van der Waals surface area (Å²) in [6.07, 6.45) is 6.60. The number of aromatic nitrogens is 3. The number of piperidine rings is 1. The highest BCUT2D eigenvalue weighted by atomic mass is 19.1. The average Bonchev–Trinajstić information content (AvgIpc) is 2.87. The van der Waals surface area contributed by atoms with Gasteiger partial charge in [0.15, 0.2) is 0 Å². The van der Waals surface area contributed by atoms with E-state index in [4.69, 9.17) is 4.74 Å². The number of nitrogens with zero attached hydrogens (tertiary/aromatic N) is 4. The Morgan fingerprint density at radius 3 is 2.91 bits per heavy atom. The first-order chi connectivity index (χ1) is 16.5. The molecular formula is C26H27FN4O3. The number of carbonyl (C=O) groups is 1. The third-order valence-corrected chi connectivity index (χ3v) is 6.36. The predicted molar refractivity (Wildman–Crippen MR) is 126 cm³/mol. The van der Waals surface area contributed by atoms with Gasteiger partial charge in [-0.05, 0) is 61.6 Å². The van der Waals surface area contributed by atoms with Gasteiger partial charge in [-0.1, -0.05) is 11.8 Å². The molecule has 3 heterocycles. The van der Waals surface area contributed by atoms with Crippen LogP contribution in [0.5, 0.6) is 5.75 Å². The van der Waals surface area contributed by atoms with E-state index in [-0.39, 0.29) is 12.3 Å². The molecule has 3 atom stereocenters. The van der Waals surface area contributed by atoms with Crippen molar-refractivity contribution < 1.29 is 19.0 Å². The number of hydrogen-bond acceptors (Lipinski definition) is 6. The van der Waals surface area contributed by atoms with E-state index in [1.165, 1.54) is 6.33 Å². The van der Waals surface area contributed by atoms with E-state index in [1.54, 1.807) is 43.9 Å². The quantitative estimate of drug-likeness (QED) is 0.533. The van der Waals surface area contributed by atoms with Crippen molar-refractivity contribution in [2.45, 2.75) is 25.4 Å². The number of methoxy groups -OCH3 is 1. The molecule has 1 aliphatic heterocycles. The second-order valence-corrected chi connectivity index (χ2v) is 8.49. The van der Waals surface area contributed by atoms with Crippen LogP contribution < -0.4 is 4.74 Å². The maximum absolute atomic E-state index is 15.3. The van der Waals surface area contributed by atoms with Gasteiger partial charge in [0.05, 0.1) is 30.7 Å². The summed E-state index contributed by atoms with van der Waals surface area (Å²) in [5.41, 5.74) is 2.00. The number of carboxylic acid groups (broad SMARTS) is 1. The van der Waals surface area contributed by atoms with E-state index in [1.807, 2.05) is 11.0 Å². The molecule has 0 aliphatic carbocycles. The molecule has 1 unspecified atom stereocenters. The molecule has 0 radical (unpaired) electrons. The van der Waals surface area contributed by atoms with Crippen LogP contribution in [-0.4, -0.2) is 57.7 Å². The summed E-state index contributed by atoms with van der Waals surface area (Å²) in [4.78, 5) is 26.2. The molecular weight excluding hydrogens is 435 g/mol. The molecule has 4 rings (SSSR count). The smallest absolute Gasteiger partial charge is 0.308 e. The number of carboxylic acids is 1. The molecule has 0 bridgehead atoms. The molecule has 3 aromatic rings. The zero-order valence-electron chi connectivity index (χ0n) is 19.0. The van der Waals surface area contributed by atoms with Crippen LogP contribution in [0.1, 0.15) is 36.6 Å². The van der Waals surface area contributed by atoms with Crippen molar-refractivity contribution in [3.05, 3.63) is 60.3 Å². The SMILES string of the molecule is COc1ccc2nccc(C(F)CC[C@@H]3CCN(CC#Cc4cncnc4)C[C@@H]3C(=O)O)c2c1. The van der Waals surface area contributed by atoms with Crippen LogP contribution in [0.25, 0.3) is 10.9 Å². The first-order valence-corrected chi connectivity index (χ1v) is 11.3. The molecule has 0 spiro atoms. The largest absolute Gasteiger partial charge is 0.497 e. The zero-order chi connectivity index (χ0) is 23.9. The summed E-state index contributed by atoms with van der Waals surface area (Å²) in [7, 11) is 1.57. The number of rotatable bonds is 7. The Kier molecular flexibility index (Phi) is 7.65. The van der Waals surface area contributed by atoms with Gasteiger partial charge in [-0.2, -0.15) is 0 Å². The molecule has 0 saturated carbocycles. The van der Waals surface area contributed by atoms with Crippen molar-refractivity contribution in [3.8, 4) is 17.6 Å². The summed E-state index contributed by atoms with van der Waals surface area (Å²) in [6, 6.07) is 7.11. The summed E-state index contributed by atoms with van der Waals surface area (Å²) < 4.78 is 20.6. The Morgan fingerprint density at radius 1 is 1.32 bits per heavy atom. The highest BCUT2D eigenvalue weighted by molar-refractivity contribution is 5.83. The molecule has 0 amide bonds. The topological polar surface area (TPSA) is 88.4 Å². The Balaban J connectivity index is 1.38. The van der Waals surface area contributed by atoms with Gasteiger partial charge in [-0.3, -0.25) is 14.7 Å². The van der Waals surface area contributed by atoms with Crippen molar-refractivity contribution >= 4 is 16.9 Å². The standard InChI is InChI=1S/C26H27FN4O3/c1-34-20-5-7-25-22(13-20)21(8-10-30-25)24(27)6-4-19-9-12-31(16-23(19)26(32)33)11-2-3-18-14-28-17-29-15-18/h5,7-8,10,13-15,17,19,23-24H,4,6,9,11-12,16H2,1H3,(H,32,33)/t19-,23+,24?/m1/s1. The van der Waals surface area contributed by atoms with Crippen LogP contribution in [0.2, 0.25) is 0 Å². The van der Waals surface area contributed by atoms with Crippen molar-refractivity contribution in [1.82, 2.24) is 19.9 Å². The fraction of sp³-hybridized carbons (Fsp3) is 0.385. The molecule has 7 nitrogen and oxygen atoms in total. The van der Waals surface area contributed by atoms with Crippen LogP contribution >= 0.6 is 0 Å². The first kappa shape index (κ1) is 23.6. The third-order valence-electron chi connectivity index (χ3n) is 6.36. The molecule has 34 heavy (non-hydrogen) atoms. The molecule has 1 fully saturated rings. The van der Waals surface area contributed by atoms with E-state index in [9.17, 15) is 9.90 Å². The fourth-order valence-corrected chi connectivity index (χ4v) is 4.52. The highest BCUT2D eigenvalue weighted by Gasteiger charge is 2.34. The van der Waals surface area contributed by atoms with Crippen LogP contribution in [0.3, 0.4) is 0 Å². The third kappa shape index (κ3) is 5.67. The van der Waals surface area contributed by atoms with Crippen molar-refractivity contribution in [3.63, 3.8) is 0 Å². The summed E-state index contributed by atoms with van der Waals surface area (Å²) in [6.45, 7) is 1.62. The summed E-state index contributed by atoms with van der Waals surface area (Å²) in [5.74, 6) is 5.26. The number of benzene rings is 1. The van der Waals surface area contributed by atoms with Crippen molar-refractivity contribution in [2.75, 3.05) is 26.7 Å². The number of fused-ring (bicyclic) bond motifs is 1. The van der Waals surface area contributed by atoms with Crippen LogP contribution in [-0.2, 0) is 4.79 Å². The van der Waals surface area contributed by atoms with Crippen molar-refractivity contribution in [2.24, 2.45) is 11.8 Å². The maximum atomic E-state index is 15.3. The lowest BCUT2D eigenvalue weighted by molar-refractivity contribution is -0.146. The number of ether oxygens (including phenoxy) is 1. The van der Waals surface area contributed by atoms with Crippen molar-refractivity contribution in [1.29, 1.82) is 0 Å². The molecule has 1 N–H and O–H groups in total.